The van der Waals surface area contributed by atoms with Crippen LogP contribution in [0.2, 0.25) is 0 Å². The molecule has 2 aliphatic rings. The Kier molecular flexibility index (Phi) is 3.68. The van der Waals surface area contributed by atoms with Crippen LogP contribution in [0.25, 0.3) is 0 Å². The third-order valence-corrected chi connectivity index (χ3v) is 4.85. The highest BCUT2D eigenvalue weighted by Gasteiger charge is 2.50. The standard InChI is InChI=1S/C16H20N2O3/c17-13(10-5-2-1-3-6-10)15(19)18-9-11-7-4-8-12(11)14(18)16(20)21/h1-3,5-6,11-14H,4,7-9,17H2,(H,20,21)/t11?,12?,13-,14?/m1/s1. The zero-order valence-corrected chi connectivity index (χ0v) is 11.8. The molecular weight excluding hydrogens is 268 g/mol. The van der Waals surface area contributed by atoms with Crippen LogP contribution in [0.15, 0.2) is 30.3 Å². The van der Waals surface area contributed by atoms with E-state index >= 15 is 0 Å². The molecule has 0 aromatic heterocycles. The van der Waals surface area contributed by atoms with E-state index in [-0.39, 0.29) is 11.8 Å². The van der Waals surface area contributed by atoms with Gasteiger partial charge in [-0.05, 0) is 30.2 Å². The lowest BCUT2D eigenvalue weighted by Gasteiger charge is -2.27. The van der Waals surface area contributed by atoms with E-state index in [2.05, 4.69) is 0 Å². The van der Waals surface area contributed by atoms with E-state index in [1.165, 1.54) is 4.90 Å². The van der Waals surface area contributed by atoms with Gasteiger partial charge in [0.05, 0.1) is 0 Å². The van der Waals surface area contributed by atoms with Crippen LogP contribution in [0.1, 0.15) is 30.9 Å². The topological polar surface area (TPSA) is 83.6 Å². The fourth-order valence-corrected chi connectivity index (χ4v) is 3.83. The van der Waals surface area contributed by atoms with Crippen molar-refractivity contribution < 1.29 is 14.7 Å². The summed E-state index contributed by atoms with van der Waals surface area (Å²) >= 11 is 0. The quantitative estimate of drug-likeness (QED) is 0.880. The zero-order chi connectivity index (χ0) is 15.0. The fraction of sp³-hybridized carbons (Fsp3) is 0.500. The van der Waals surface area contributed by atoms with Crippen molar-refractivity contribution in [1.82, 2.24) is 4.90 Å². The first-order chi connectivity index (χ1) is 10.1. The van der Waals surface area contributed by atoms with Gasteiger partial charge in [0, 0.05) is 6.54 Å². The number of likely N-dealkylation sites (tertiary alicyclic amines) is 1. The molecule has 1 aromatic rings. The van der Waals surface area contributed by atoms with Crippen LogP contribution in [0.4, 0.5) is 0 Å². The van der Waals surface area contributed by atoms with Gasteiger partial charge in [0.25, 0.3) is 0 Å². The first kappa shape index (κ1) is 14.1. The molecule has 0 radical (unpaired) electrons. The minimum absolute atomic E-state index is 0.0921. The normalized spacial score (nSPS) is 29.2. The van der Waals surface area contributed by atoms with Gasteiger partial charge in [0.1, 0.15) is 12.1 Å². The number of nitrogens with zero attached hydrogens (tertiary/aromatic N) is 1. The number of carboxylic acid groups (broad SMARTS) is 1. The molecule has 1 aliphatic carbocycles. The molecule has 1 saturated carbocycles. The monoisotopic (exact) mass is 288 g/mol. The van der Waals surface area contributed by atoms with Gasteiger partial charge >= 0.3 is 5.97 Å². The number of hydrogen-bond acceptors (Lipinski definition) is 3. The molecule has 1 heterocycles. The van der Waals surface area contributed by atoms with Gasteiger partial charge < -0.3 is 15.7 Å². The second-order valence-electron chi connectivity index (χ2n) is 6.02. The molecule has 1 aliphatic heterocycles. The number of carboxylic acids is 1. The number of rotatable bonds is 3. The van der Waals surface area contributed by atoms with Gasteiger partial charge in [0.2, 0.25) is 5.91 Å². The molecule has 1 saturated heterocycles. The first-order valence-corrected chi connectivity index (χ1v) is 7.43. The van der Waals surface area contributed by atoms with Crippen LogP contribution in [0, 0.1) is 11.8 Å². The van der Waals surface area contributed by atoms with Gasteiger partial charge in [-0.3, -0.25) is 4.79 Å². The van der Waals surface area contributed by atoms with Crippen LogP contribution >= 0.6 is 0 Å². The number of fused-ring (bicyclic) bond motifs is 1. The lowest BCUT2D eigenvalue weighted by atomic mass is 9.94. The molecule has 1 aromatic carbocycles. The number of carbonyl (C=O) groups excluding carboxylic acids is 1. The predicted octanol–water partition coefficient (Wildman–Crippen LogP) is 1.40. The van der Waals surface area contributed by atoms with E-state index in [0.717, 1.165) is 24.8 Å². The van der Waals surface area contributed by atoms with Crippen molar-refractivity contribution in [1.29, 1.82) is 0 Å². The molecule has 3 N–H and O–H groups in total. The summed E-state index contributed by atoms with van der Waals surface area (Å²) in [5.41, 5.74) is 6.77. The summed E-state index contributed by atoms with van der Waals surface area (Å²) in [6.45, 7) is 0.529. The van der Waals surface area contributed by atoms with Crippen molar-refractivity contribution >= 4 is 11.9 Å². The van der Waals surface area contributed by atoms with Crippen molar-refractivity contribution in [2.24, 2.45) is 17.6 Å². The minimum Gasteiger partial charge on any atom is -0.480 e. The molecule has 4 atom stereocenters. The predicted molar refractivity (Wildman–Crippen MR) is 77.3 cm³/mol. The van der Waals surface area contributed by atoms with Gasteiger partial charge in [-0.25, -0.2) is 4.79 Å². The lowest BCUT2D eigenvalue weighted by Crippen LogP contribution is -2.46. The van der Waals surface area contributed by atoms with Gasteiger partial charge in [0.15, 0.2) is 0 Å². The maximum absolute atomic E-state index is 12.6. The molecule has 3 rings (SSSR count). The minimum atomic E-state index is -0.905. The molecule has 112 valence electrons. The number of hydrogen-bond donors (Lipinski definition) is 2. The summed E-state index contributed by atoms with van der Waals surface area (Å²) in [5.74, 6) is -0.770. The van der Waals surface area contributed by atoms with E-state index in [9.17, 15) is 14.7 Å². The summed E-state index contributed by atoms with van der Waals surface area (Å²) in [6, 6.07) is 7.63. The number of benzene rings is 1. The zero-order valence-electron chi connectivity index (χ0n) is 11.8. The SMILES string of the molecule is N[C@@H](C(=O)N1CC2CCCC2C1C(=O)O)c1ccccc1. The third kappa shape index (κ3) is 2.42. The number of aliphatic carboxylic acids is 1. The first-order valence-electron chi connectivity index (χ1n) is 7.43. The van der Waals surface area contributed by atoms with Crippen LogP contribution in [0.5, 0.6) is 0 Å². The highest BCUT2D eigenvalue weighted by molar-refractivity contribution is 5.88. The number of carbonyl (C=O) groups is 2. The van der Waals surface area contributed by atoms with Crippen molar-refractivity contribution in [2.45, 2.75) is 31.3 Å². The second kappa shape index (κ2) is 5.48. The average Bonchev–Trinajstić information content (AvgIpc) is 3.06. The van der Waals surface area contributed by atoms with E-state index < -0.39 is 18.1 Å². The van der Waals surface area contributed by atoms with Crippen LogP contribution in [-0.2, 0) is 9.59 Å². The Morgan fingerprint density at radius 1 is 1.24 bits per heavy atom. The fourth-order valence-electron chi connectivity index (χ4n) is 3.83. The maximum atomic E-state index is 12.6. The van der Waals surface area contributed by atoms with Crippen LogP contribution in [0.3, 0.4) is 0 Å². The third-order valence-electron chi connectivity index (χ3n) is 4.85. The van der Waals surface area contributed by atoms with Crippen LogP contribution in [-0.4, -0.2) is 34.5 Å². The maximum Gasteiger partial charge on any atom is 0.326 e. The Labute approximate surface area is 123 Å². The Morgan fingerprint density at radius 3 is 2.62 bits per heavy atom. The Morgan fingerprint density at radius 2 is 1.95 bits per heavy atom. The molecular formula is C16H20N2O3. The second-order valence-corrected chi connectivity index (χ2v) is 6.02. The van der Waals surface area contributed by atoms with Crippen LogP contribution < -0.4 is 5.73 Å². The molecule has 2 fully saturated rings. The smallest absolute Gasteiger partial charge is 0.326 e. The summed E-state index contributed by atoms with van der Waals surface area (Å²) in [4.78, 5) is 25.7. The number of nitrogens with two attached hydrogens (primary N) is 1. The summed E-state index contributed by atoms with van der Waals surface area (Å²) < 4.78 is 0. The van der Waals surface area contributed by atoms with Crippen molar-refractivity contribution in [3.05, 3.63) is 35.9 Å². The van der Waals surface area contributed by atoms with E-state index in [0.29, 0.717) is 12.5 Å². The van der Waals surface area contributed by atoms with Gasteiger partial charge in [-0.2, -0.15) is 0 Å². The number of amides is 1. The molecule has 0 spiro atoms. The average molecular weight is 288 g/mol. The lowest BCUT2D eigenvalue weighted by molar-refractivity contribution is -0.150. The molecule has 3 unspecified atom stereocenters. The van der Waals surface area contributed by atoms with Gasteiger partial charge in [-0.15, -0.1) is 0 Å². The van der Waals surface area contributed by atoms with Crippen molar-refractivity contribution in [3.8, 4) is 0 Å². The van der Waals surface area contributed by atoms with E-state index in [1.807, 2.05) is 18.2 Å². The highest BCUT2D eigenvalue weighted by Crippen LogP contribution is 2.42. The van der Waals surface area contributed by atoms with Gasteiger partial charge in [-0.1, -0.05) is 36.8 Å². The summed E-state index contributed by atoms with van der Waals surface area (Å²) in [7, 11) is 0. The van der Waals surface area contributed by atoms with Crippen molar-refractivity contribution in [3.63, 3.8) is 0 Å². The molecule has 21 heavy (non-hydrogen) atoms. The largest absolute Gasteiger partial charge is 0.480 e. The van der Waals surface area contributed by atoms with E-state index in [1.54, 1.807) is 12.1 Å². The molecule has 5 heteroatoms. The Hall–Kier alpha value is -1.88. The Balaban J connectivity index is 1.82. The molecule has 0 bridgehead atoms. The van der Waals surface area contributed by atoms with Crippen molar-refractivity contribution in [2.75, 3.05) is 6.54 Å². The molecule has 1 amide bonds. The summed E-state index contributed by atoms with van der Waals surface area (Å²) in [5, 5.41) is 9.50. The Bertz CT molecular complexity index is 546. The highest BCUT2D eigenvalue weighted by atomic mass is 16.4. The molecule has 5 nitrogen and oxygen atoms in total. The van der Waals surface area contributed by atoms with E-state index in [4.69, 9.17) is 5.73 Å². The summed E-state index contributed by atoms with van der Waals surface area (Å²) in [6.07, 6.45) is 2.97.